The molecule has 21 heavy (non-hydrogen) atoms. The van der Waals surface area contributed by atoms with E-state index < -0.39 is 21.7 Å². The molecule has 0 aliphatic carbocycles. The minimum absolute atomic E-state index is 0.227. The Balaban J connectivity index is 2.62. The summed E-state index contributed by atoms with van der Waals surface area (Å²) in [5.74, 6) is -2.44. The molecular weight excluding hydrogens is 292 g/mol. The smallest absolute Gasteiger partial charge is 0.320 e. The van der Waals surface area contributed by atoms with E-state index >= 15 is 0 Å². The van der Waals surface area contributed by atoms with E-state index in [0.29, 0.717) is 5.69 Å². The highest BCUT2D eigenvalue weighted by Crippen LogP contribution is 2.33. The minimum Gasteiger partial charge on any atom is -0.480 e. The van der Waals surface area contributed by atoms with E-state index in [1.807, 2.05) is 0 Å². The predicted molar refractivity (Wildman–Crippen MR) is 80.9 cm³/mol. The van der Waals surface area contributed by atoms with E-state index in [9.17, 15) is 13.2 Å². The first kappa shape index (κ1) is 14.9. The van der Waals surface area contributed by atoms with Gasteiger partial charge in [0, 0.05) is 0 Å². The van der Waals surface area contributed by atoms with Gasteiger partial charge in [-0.15, -0.1) is 0 Å². The second-order valence-electron chi connectivity index (χ2n) is 4.31. The van der Waals surface area contributed by atoms with E-state index in [1.54, 1.807) is 48.5 Å². The third kappa shape index (κ3) is 3.32. The second-order valence-corrected chi connectivity index (χ2v) is 6.13. The van der Waals surface area contributed by atoms with Gasteiger partial charge in [-0.3, -0.25) is 4.79 Å². The molecule has 0 bridgehead atoms. The van der Waals surface area contributed by atoms with Crippen LogP contribution in [0.2, 0.25) is 0 Å². The van der Waals surface area contributed by atoms with Gasteiger partial charge in [0.05, 0.1) is 17.1 Å². The summed E-state index contributed by atoms with van der Waals surface area (Å²) in [6.45, 7) is 0. The average molecular weight is 306 g/mol. The van der Waals surface area contributed by atoms with Gasteiger partial charge in [-0.1, -0.05) is 30.3 Å². The van der Waals surface area contributed by atoms with Crippen LogP contribution in [0, 0.1) is 0 Å². The number of carbonyl (C=O) groups is 1. The van der Waals surface area contributed by atoms with E-state index in [-0.39, 0.29) is 11.4 Å². The summed E-state index contributed by atoms with van der Waals surface area (Å²) in [6, 6.07) is 14.6. The topological polar surface area (TPSA) is 101 Å². The van der Waals surface area contributed by atoms with Crippen LogP contribution >= 0.6 is 0 Å². The molecule has 7 heteroatoms. The van der Waals surface area contributed by atoms with Crippen LogP contribution in [0.25, 0.3) is 0 Å². The first-order valence-electron chi connectivity index (χ1n) is 6.06. The van der Waals surface area contributed by atoms with Gasteiger partial charge in [-0.25, -0.2) is 12.7 Å². The molecule has 0 aromatic heterocycles. The number of hydrogen-bond acceptors (Lipinski definition) is 4. The van der Waals surface area contributed by atoms with Gasteiger partial charge in [-0.2, -0.15) is 0 Å². The van der Waals surface area contributed by atoms with Crippen molar-refractivity contribution in [3.05, 3.63) is 54.6 Å². The quantitative estimate of drug-likeness (QED) is 0.821. The molecule has 0 spiro atoms. The van der Waals surface area contributed by atoms with Crippen LogP contribution < -0.4 is 10.0 Å². The summed E-state index contributed by atoms with van der Waals surface area (Å²) in [5.41, 5.74) is 6.64. The van der Waals surface area contributed by atoms with Crippen LogP contribution in [-0.2, 0) is 14.8 Å². The van der Waals surface area contributed by atoms with Gasteiger partial charge in [0.25, 0.3) is 0 Å². The predicted octanol–water partition coefficient (Wildman–Crippen LogP) is 1.82. The van der Waals surface area contributed by atoms with Crippen LogP contribution in [-0.4, -0.2) is 25.2 Å². The number of anilines is 3. The number of carboxylic acid groups (broad SMARTS) is 1. The number of rotatable bonds is 5. The van der Waals surface area contributed by atoms with Crippen molar-refractivity contribution in [2.75, 3.05) is 15.8 Å². The van der Waals surface area contributed by atoms with Crippen molar-refractivity contribution in [1.29, 1.82) is 0 Å². The van der Waals surface area contributed by atoms with E-state index in [0.717, 1.165) is 4.31 Å². The largest absolute Gasteiger partial charge is 0.480 e. The fourth-order valence-electron chi connectivity index (χ4n) is 1.91. The first-order chi connectivity index (χ1) is 9.92. The first-order valence-corrected chi connectivity index (χ1v) is 7.67. The Morgan fingerprint density at radius 1 is 1.05 bits per heavy atom. The molecule has 2 aromatic carbocycles. The zero-order valence-corrected chi connectivity index (χ0v) is 11.8. The molecule has 110 valence electrons. The Morgan fingerprint density at radius 3 is 2.19 bits per heavy atom. The second kappa shape index (κ2) is 5.84. The summed E-state index contributed by atoms with van der Waals surface area (Å²) in [4.78, 5) is 10.8. The Bertz CT molecular complexity index is 745. The molecule has 0 radical (unpaired) electrons. The van der Waals surface area contributed by atoms with Crippen molar-refractivity contribution in [3.63, 3.8) is 0 Å². The van der Waals surface area contributed by atoms with E-state index in [2.05, 4.69) is 0 Å². The highest BCUT2D eigenvalue weighted by molar-refractivity contribution is 7.93. The van der Waals surface area contributed by atoms with Gasteiger partial charge in [0.2, 0.25) is 10.0 Å². The zero-order valence-electron chi connectivity index (χ0n) is 11.0. The van der Waals surface area contributed by atoms with Crippen LogP contribution in [0.3, 0.4) is 0 Å². The molecule has 3 N–H and O–H groups in total. The summed E-state index contributed by atoms with van der Waals surface area (Å²) < 4.78 is 25.7. The number of nitrogens with two attached hydrogens (primary N) is 1. The molecule has 0 saturated carbocycles. The molecular formula is C14H14N2O4S. The number of nitrogen functional groups attached to an aromatic ring is 1. The number of hydrogen-bond donors (Lipinski definition) is 2. The van der Waals surface area contributed by atoms with Crippen LogP contribution in [0.1, 0.15) is 0 Å². The van der Waals surface area contributed by atoms with Gasteiger partial charge >= 0.3 is 5.97 Å². The Hall–Kier alpha value is -2.54. The Labute approximate surface area is 122 Å². The van der Waals surface area contributed by atoms with Gasteiger partial charge in [0.1, 0.15) is 0 Å². The molecule has 0 unspecified atom stereocenters. The number of aliphatic carboxylic acids is 1. The average Bonchev–Trinajstić information content (AvgIpc) is 2.41. The molecule has 0 fully saturated rings. The summed E-state index contributed by atoms with van der Waals surface area (Å²) >= 11 is 0. The Kier molecular flexibility index (Phi) is 4.13. The summed E-state index contributed by atoms with van der Waals surface area (Å²) in [6.07, 6.45) is 0. The summed E-state index contributed by atoms with van der Waals surface area (Å²) in [7, 11) is -4.10. The van der Waals surface area contributed by atoms with Crippen molar-refractivity contribution in [2.24, 2.45) is 0 Å². The maximum Gasteiger partial charge on any atom is 0.320 e. The molecule has 0 aliphatic heterocycles. The lowest BCUT2D eigenvalue weighted by Crippen LogP contribution is -2.32. The fourth-order valence-corrected chi connectivity index (χ4v) is 3.26. The van der Waals surface area contributed by atoms with Crippen molar-refractivity contribution in [3.8, 4) is 0 Å². The highest BCUT2D eigenvalue weighted by atomic mass is 32.2. The van der Waals surface area contributed by atoms with Crippen LogP contribution in [0.4, 0.5) is 17.1 Å². The standard InChI is InChI=1S/C14H14N2O4S/c15-12-8-4-5-9-13(12)16(11-6-2-1-3-7-11)21(19,20)10-14(17)18/h1-9H,10,15H2,(H,17,18). The maximum atomic E-state index is 12.4. The lowest BCUT2D eigenvalue weighted by atomic mass is 10.2. The van der Waals surface area contributed by atoms with Crippen LogP contribution in [0.5, 0.6) is 0 Å². The molecule has 0 heterocycles. The van der Waals surface area contributed by atoms with E-state index in [1.165, 1.54) is 6.07 Å². The number of nitrogens with zero attached hydrogens (tertiary/aromatic N) is 1. The number of para-hydroxylation sites is 3. The molecule has 0 saturated heterocycles. The number of benzene rings is 2. The molecule has 2 aromatic rings. The lowest BCUT2D eigenvalue weighted by molar-refractivity contribution is -0.134. The zero-order chi connectivity index (χ0) is 15.5. The minimum atomic E-state index is -4.10. The van der Waals surface area contributed by atoms with E-state index in [4.69, 9.17) is 10.8 Å². The third-order valence-corrected chi connectivity index (χ3v) is 4.31. The van der Waals surface area contributed by atoms with Crippen molar-refractivity contribution >= 4 is 33.1 Å². The fraction of sp³-hybridized carbons (Fsp3) is 0.0714. The van der Waals surface area contributed by atoms with Crippen molar-refractivity contribution in [1.82, 2.24) is 0 Å². The molecule has 6 nitrogen and oxygen atoms in total. The van der Waals surface area contributed by atoms with Crippen molar-refractivity contribution in [2.45, 2.75) is 0 Å². The number of sulfonamides is 1. The molecule has 2 rings (SSSR count). The molecule has 0 aliphatic rings. The van der Waals surface area contributed by atoms with Gasteiger partial charge < -0.3 is 10.8 Å². The number of carboxylic acids is 1. The lowest BCUT2D eigenvalue weighted by Gasteiger charge is -2.25. The monoisotopic (exact) mass is 306 g/mol. The molecule has 0 amide bonds. The maximum absolute atomic E-state index is 12.4. The summed E-state index contributed by atoms with van der Waals surface area (Å²) in [5, 5.41) is 8.82. The SMILES string of the molecule is Nc1ccccc1N(c1ccccc1)S(=O)(=O)CC(=O)O. The highest BCUT2D eigenvalue weighted by Gasteiger charge is 2.28. The van der Waals surface area contributed by atoms with Crippen molar-refractivity contribution < 1.29 is 18.3 Å². The van der Waals surface area contributed by atoms with Crippen LogP contribution in [0.15, 0.2) is 54.6 Å². The van der Waals surface area contributed by atoms with Gasteiger partial charge in [0.15, 0.2) is 5.75 Å². The van der Waals surface area contributed by atoms with Gasteiger partial charge in [-0.05, 0) is 24.3 Å². The Morgan fingerprint density at radius 2 is 1.62 bits per heavy atom. The normalized spacial score (nSPS) is 11.0. The molecule has 0 atom stereocenters. The third-order valence-electron chi connectivity index (χ3n) is 2.73.